The van der Waals surface area contributed by atoms with Crippen LogP contribution in [0.2, 0.25) is 0 Å². The Hall–Kier alpha value is -3.43. The van der Waals surface area contributed by atoms with Crippen LogP contribution in [0.5, 0.6) is 11.5 Å². The number of nitrogens with zero attached hydrogens (tertiary/aromatic N) is 3. The van der Waals surface area contributed by atoms with Crippen LogP contribution in [0.15, 0.2) is 41.1 Å². The molecule has 1 aromatic rings. The summed E-state index contributed by atoms with van der Waals surface area (Å²) in [5.74, 6) is 0.766. The number of methoxy groups -OCH3 is 2. The molecule has 0 unspecified atom stereocenters. The summed E-state index contributed by atoms with van der Waals surface area (Å²) < 4.78 is 10.9. The summed E-state index contributed by atoms with van der Waals surface area (Å²) in [6.07, 6.45) is 3.61. The third-order valence-electron chi connectivity index (χ3n) is 5.88. The maximum Gasteiger partial charge on any atom is 0.191 e. The molecule has 0 radical (unpaired) electrons. The third-order valence-corrected chi connectivity index (χ3v) is 5.88. The third kappa shape index (κ3) is 2.68. The molecule has 1 aromatic carbocycles. The number of benzene rings is 1. The van der Waals surface area contributed by atoms with E-state index < -0.39 is 11.3 Å². The van der Waals surface area contributed by atoms with Crippen molar-refractivity contribution < 1.29 is 9.47 Å². The number of nitriles is 3. The number of ether oxygens (including phenoxy) is 2. The van der Waals surface area contributed by atoms with E-state index >= 15 is 0 Å². The van der Waals surface area contributed by atoms with Crippen molar-refractivity contribution in [2.24, 2.45) is 23.0 Å². The first kappa shape index (κ1) is 19.3. The average Bonchev–Trinajstić information content (AvgIpc) is 2.72. The predicted molar refractivity (Wildman–Crippen MR) is 103 cm³/mol. The number of hydrogen-bond acceptors (Lipinski definition) is 6. The Labute approximate surface area is 165 Å². The summed E-state index contributed by atoms with van der Waals surface area (Å²) in [5.41, 5.74) is 6.46. The van der Waals surface area contributed by atoms with E-state index in [1.54, 1.807) is 32.4 Å². The summed E-state index contributed by atoms with van der Waals surface area (Å²) in [6.45, 7) is 2.13. The van der Waals surface area contributed by atoms with Crippen molar-refractivity contribution in [3.05, 3.63) is 46.7 Å². The number of hydrogen-bond donors (Lipinski definition) is 1. The van der Waals surface area contributed by atoms with Crippen LogP contribution < -0.4 is 15.2 Å². The van der Waals surface area contributed by atoms with Crippen molar-refractivity contribution in [2.75, 3.05) is 14.2 Å². The maximum absolute atomic E-state index is 10.1. The lowest BCUT2D eigenvalue weighted by molar-refractivity contribution is 0.275. The molecule has 0 saturated heterocycles. The standard InChI is InChI=1S/C22H22N4O2/c1-13-4-6-15-16(8-13)20(17-9-14(27-2)5-7-19(17)28-3)22(11-24,12-25)21(26)18(15)10-23/h5-7,9,13,16,20H,4,8,26H2,1-3H3/t13-,16-,20-/m0/s1. The zero-order chi connectivity index (χ0) is 20.5. The molecule has 0 aromatic heterocycles. The van der Waals surface area contributed by atoms with Crippen molar-refractivity contribution in [1.29, 1.82) is 15.8 Å². The minimum atomic E-state index is -1.66. The number of nitrogens with two attached hydrogens (primary N) is 1. The fourth-order valence-corrected chi connectivity index (χ4v) is 4.50. The van der Waals surface area contributed by atoms with Crippen LogP contribution in [0, 0.1) is 51.2 Å². The van der Waals surface area contributed by atoms with Crippen molar-refractivity contribution in [3.63, 3.8) is 0 Å². The van der Waals surface area contributed by atoms with Gasteiger partial charge in [-0.2, -0.15) is 15.8 Å². The van der Waals surface area contributed by atoms with Crippen LogP contribution in [0.4, 0.5) is 0 Å². The van der Waals surface area contributed by atoms with Gasteiger partial charge in [0.15, 0.2) is 5.41 Å². The quantitative estimate of drug-likeness (QED) is 0.865. The molecule has 0 amide bonds. The molecule has 6 nitrogen and oxygen atoms in total. The minimum Gasteiger partial charge on any atom is -0.497 e. The minimum absolute atomic E-state index is 0.0203. The van der Waals surface area contributed by atoms with Crippen LogP contribution in [-0.4, -0.2) is 14.2 Å². The highest BCUT2D eigenvalue weighted by atomic mass is 16.5. The molecule has 142 valence electrons. The molecule has 2 N–H and O–H groups in total. The van der Waals surface area contributed by atoms with E-state index in [4.69, 9.17) is 15.2 Å². The Kier molecular flexibility index (Phi) is 5.04. The molecule has 0 bridgehead atoms. The summed E-state index contributed by atoms with van der Waals surface area (Å²) in [7, 11) is 3.11. The first-order chi connectivity index (χ1) is 13.5. The molecule has 6 heteroatoms. The molecule has 0 heterocycles. The topological polar surface area (TPSA) is 116 Å². The van der Waals surface area contributed by atoms with Crippen molar-refractivity contribution in [1.82, 2.24) is 0 Å². The zero-order valence-corrected chi connectivity index (χ0v) is 16.2. The molecule has 28 heavy (non-hydrogen) atoms. The van der Waals surface area contributed by atoms with Crippen molar-refractivity contribution in [2.45, 2.75) is 25.7 Å². The SMILES string of the molecule is COc1ccc(OC)c([C@@H]2[C@H]3C[C@@H](C)CC=C3C(C#N)=C(N)C2(C#N)C#N)c1. The Morgan fingerprint density at radius 3 is 2.43 bits per heavy atom. The monoisotopic (exact) mass is 374 g/mol. The van der Waals surface area contributed by atoms with Gasteiger partial charge in [-0.1, -0.05) is 13.0 Å². The first-order valence-corrected chi connectivity index (χ1v) is 9.12. The second-order valence-electron chi connectivity index (χ2n) is 7.36. The normalized spacial score (nSPS) is 25.4. The van der Waals surface area contributed by atoms with Gasteiger partial charge in [0, 0.05) is 11.5 Å². The van der Waals surface area contributed by atoms with E-state index in [2.05, 4.69) is 25.1 Å². The van der Waals surface area contributed by atoms with Crippen molar-refractivity contribution >= 4 is 0 Å². The van der Waals surface area contributed by atoms with Gasteiger partial charge < -0.3 is 15.2 Å². The summed E-state index contributed by atoms with van der Waals surface area (Å²) in [5, 5.41) is 30.0. The molecule has 0 spiro atoms. The molecule has 3 atom stereocenters. The van der Waals surface area contributed by atoms with Crippen LogP contribution in [0.25, 0.3) is 0 Å². The van der Waals surface area contributed by atoms with E-state index in [1.807, 2.05) is 6.08 Å². The van der Waals surface area contributed by atoms with Crippen LogP contribution in [-0.2, 0) is 0 Å². The Bertz CT molecular complexity index is 973. The fourth-order valence-electron chi connectivity index (χ4n) is 4.50. The number of rotatable bonds is 3. The van der Waals surface area contributed by atoms with Crippen molar-refractivity contribution in [3.8, 4) is 29.7 Å². The van der Waals surface area contributed by atoms with Crippen LogP contribution in [0.1, 0.15) is 31.2 Å². The smallest absolute Gasteiger partial charge is 0.191 e. The van der Waals surface area contributed by atoms with Crippen LogP contribution >= 0.6 is 0 Å². The highest BCUT2D eigenvalue weighted by Crippen LogP contribution is 2.58. The Balaban J connectivity index is 2.38. The Morgan fingerprint density at radius 2 is 1.86 bits per heavy atom. The van der Waals surface area contributed by atoms with E-state index in [-0.39, 0.29) is 17.2 Å². The fraction of sp³-hybridized carbons (Fsp3) is 0.409. The number of fused-ring (bicyclic) bond motifs is 1. The summed E-state index contributed by atoms with van der Waals surface area (Å²) >= 11 is 0. The number of allylic oxidation sites excluding steroid dienone is 4. The second kappa shape index (κ2) is 7.29. The zero-order valence-electron chi connectivity index (χ0n) is 16.2. The van der Waals surface area contributed by atoms with Gasteiger partial charge in [-0.3, -0.25) is 0 Å². The molecule has 0 aliphatic heterocycles. The van der Waals surface area contributed by atoms with Gasteiger partial charge in [0.1, 0.15) is 17.6 Å². The van der Waals surface area contributed by atoms with Gasteiger partial charge in [-0.15, -0.1) is 0 Å². The lowest BCUT2D eigenvalue weighted by atomic mass is 9.55. The van der Waals surface area contributed by atoms with E-state index in [9.17, 15) is 15.8 Å². The van der Waals surface area contributed by atoms with Gasteiger partial charge in [-0.25, -0.2) is 0 Å². The molecule has 2 aliphatic carbocycles. The predicted octanol–water partition coefficient (Wildman–Crippen LogP) is 3.54. The second-order valence-corrected chi connectivity index (χ2v) is 7.36. The largest absolute Gasteiger partial charge is 0.497 e. The van der Waals surface area contributed by atoms with E-state index in [1.165, 1.54) is 0 Å². The molecule has 0 fully saturated rings. The first-order valence-electron chi connectivity index (χ1n) is 9.12. The maximum atomic E-state index is 10.1. The molecule has 3 rings (SSSR count). The summed E-state index contributed by atoms with van der Waals surface area (Å²) in [4.78, 5) is 0. The van der Waals surface area contributed by atoms with Gasteiger partial charge in [0.2, 0.25) is 0 Å². The van der Waals surface area contributed by atoms with Gasteiger partial charge in [0.05, 0.1) is 37.6 Å². The van der Waals surface area contributed by atoms with Gasteiger partial charge in [-0.05, 0) is 48.4 Å². The van der Waals surface area contributed by atoms with Gasteiger partial charge >= 0.3 is 0 Å². The highest BCUT2D eigenvalue weighted by Gasteiger charge is 2.55. The lowest BCUT2D eigenvalue weighted by Gasteiger charge is -2.44. The average molecular weight is 374 g/mol. The van der Waals surface area contributed by atoms with Crippen LogP contribution in [0.3, 0.4) is 0 Å². The lowest BCUT2D eigenvalue weighted by Crippen LogP contribution is -2.43. The summed E-state index contributed by atoms with van der Waals surface area (Å²) in [6, 6.07) is 11.8. The molecule has 0 saturated carbocycles. The molecular weight excluding hydrogens is 352 g/mol. The van der Waals surface area contributed by atoms with E-state index in [0.29, 0.717) is 23.0 Å². The molecular formula is C22H22N4O2. The Morgan fingerprint density at radius 1 is 1.14 bits per heavy atom. The van der Waals surface area contributed by atoms with Gasteiger partial charge in [0.25, 0.3) is 0 Å². The highest BCUT2D eigenvalue weighted by molar-refractivity contribution is 5.61. The molecule has 2 aliphatic rings. The van der Waals surface area contributed by atoms with E-state index in [0.717, 1.165) is 18.4 Å².